The van der Waals surface area contributed by atoms with Crippen LogP contribution in [0.5, 0.6) is 0 Å². The Morgan fingerprint density at radius 2 is 1.09 bits per heavy atom. The summed E-state index contributed by atoms with van der Waals surface area (Å²) >= 11 is 0. The van der Waals surface area contributed by atoms with Crippen molar-refractivity contribution < 1.29 is 23.5 Å². The van der Waals surface area contributed by atoms with E-state index in [4.69, 9.17) is 9.47 Å². The van der Waals surface area contributed by atoms with E-state index in [1.807, 2.05) is 0 Å². The maximum atomic E-state index is 12.8. The molecule has 0 aromatic heterocycles. The number of ether oxygens (including phenoxy) is 2. The number of benzene rings is 1. The summed E-state index contributed by atoms with van der Waals surface area (Å²) in [6.07, 6.45) is 18.1. The molecule has 1 aromatic rings. The minimum atomic E-state index is -0.456. The van der Waals surface area contributed by atoms with Crippen molar-refractivity contribution in [1.82, 2.24) is 0 Å². The second-order valence-electron chi connectivity index (χ2n) is 8.60. The molecular weight excluding hydrogens is 407 g/mol. The van der Waals surface area contributed by atoms with E-state index in [-0.39, 0.29) is 31.2 Å². The van der Waals surface area contributed by atoms with E-state index in [1.54, 1.807) is 12.1 Å². The quantitative estimate of drug-likeness (QED) is 0.151. The average molecular weight is 451 g/mol. The molecule has 0 fully saturated rings. The zero-order valence-corrected chi connectivity index (χ0v) is 20.0. The van der Waals surface area contributed by atoms with Gasteiger partial charge in [0.1, 0.15) is 12.4 Å². The maximum Gasteiger partial charge on any atom is 0.306 e. The lowest BCUT2D eigenvalue weighted by molar-refractivity contribution is -0.151. The van der Waals surface area contributed by atoms with Gasteiger partial charge in [-0.2, -0.15) is 0 Å². The Morgan fingerprint density at radius 1 is 0.656 bits per heavy atom. The van der Waals surface area contributed by atoms with Gasteiger partial charge < -0.3 is 9.47 Å². The van der Waals surface area contributed by atoms with Crippen molar-refractivity contribution in [3.63, 3.8) is 0 Å². The van der Waals surface area contributed by atoms with Crippen molar-refractivity contribution in [2.24, 2.45) is 0 Å². The molecule has 1 aromatic carbocycles. The fourth-order valence-corrected chi connectivity index (χ4v) is 3.58. The van der Waals surface area contributed by atoms with Gasteiger partial charge in [0.25, 0.3) is 0 Å². The molecule has 0 unspecified atom stereocenters. The standard InChI is InChI=1S/C27H43FO4/c1-2-3-4-5-6-7-8-9-10-11-12-13-14-15-22-31-26(29)20-21-27(30)32-23-24-16-18-25(28)19-17-24/h16-19H,2-15,20-23H2,1H3. The molecule has 0 amide bonds. The lowest BCUT2D eigenvalue weighted by atomic mass is 10.0. The highest BCUT2D eigenvalue weighted by atomic mass is 19.1. The molecule has 0 spiro atoms. The summed E-state index contributed by atoms with van der Waals surface area (Å²) in [5.74, 6) is -1.15. The van der Waals surface area contributed by atoms with Crippen molar-refractivity contribution >= 4 is 11.9 Å². The lowest BCUT2D eigenvalue weighted by Crippen LogP contribution is -2.11. The topological polar surface area (TPSA) is 52.6 Å². The second-order valence-corrected chi connectivity index (χ2v) is 8.60. The Bertz CT molecular complexity index is 600. The molecular formula is C27H43FO4. The van der Waals surface area contributed by atoms with Gasteiger partial charge in [0.15, 0.2) is 0 Å². The van der Waals surface area contributed by atoms with E-state index in [2.05, 4.69) is 6.92 Å². The number of halogens is 1. The zero-order valence-electron chi connectivity index (χ0n) is 20.0. The molecule has 0 aliphatic heterocycles. The third-order valence-corrected chi connectivity index (χ3v) is 5.61. The SMILES string of the molecule is CCCCCCCCCCCCCCCCOC(=O)CCC(=O)OCc1ccc(F)cc1. The number of hydrogen-bond donors (Lipinski definition) is 0. The minimum Gasteiger partial charge on any atom is -0.466 e. The fourth-order valence-electron chi connectivity index (χ4n) is 3.58. The van der Waals surface area contributed by atoms with Gasteiger partial charge in [-0.1, -0.05) is 103 Å². The summed E-state index contributed by atoms with van der Waals surface area (Å²) in [5.41, 5.74) is 0.708. The van der Waals surface area contributed by atoms with Gasteiger partial charge in [0, 0.05) is 0 Å². The summed E-state index contributed by atoms with van der Waals surface area (Å²) in [6, 6.07) is 5.76. The molecule has 5 heteroatoms. The van der Waals surface area contributed by atoms with Crippen LogP contribution in [0.4, 0.5) is 4.39 Å². The maximum absolute atomic E-state index is 12.8. The molecule has 0 aliphatic rings. The van der Waals surface area contributed by atoms with Crippen LogP contribution in [-0.2, 0) is 25.7 Å². The van der Waals surface area contributed by atoms with Crippen molar-refractivity contribution in [3.8, 4) is 0 Å². The monoisotopic (exact) mass is 450 g/mol. The molecule has 182 valence electrons. The van der Waals surface area contributed by atoms with Gasteiger partial charge in [-0.3, -0.25) is 9.59 Å². The van der Waals surface area contributed by atoms with Crippen LogP contribution in [0.25, 0.3) is 0 Å². The second kappa shape index (κ2) is 19.8. The van der Waals surface area contributed by atoms with Crippen LogP contribution in [0.2, 0.25) is 0 Å². The number of carbonyl (C=O) groups excluding carboxylic acids is 2. The van der Waals surface area contributed by atoms with Crippen LogP contribution in [0.15, 0.2) is 24.3 Å². The Morgan fingerprint density at radius 3 is 1.59 bits per heavy atom. The molecule has 0 atom stereocenters. The van der Waals surface area contributed by atoms with Crippen molar-refractivity contribution in [3.05, 3.63) is 35.6 Å². The highest BCUT2D eigenvalue weighted by Crippen LogP contribution is 2.13. The van der Waals surface area contributed by atoms with E-state index in [0.717, 1.165) is 12.8 Å². The summed E-state index contributed by atoms with van der Waals surface area (Å²) in [4.78, 5) is 23.4. The molecule has 0 N–H and O–H groups in total. The third kappa shape index (κ3) is 16.7. The molecule has 4 nitrogen and oxygen atoms in total. The number of unbranched alkanes of at least 4 members (excludes halogenated alkanes) is 13. The van der Waals surface area contributed by atoms with Gasteiger partial charge in [-0.25, -0.2) is 4.39 Å². The molecule has 32 heavy (non-hydrogen) atoms. The molecule has 0 aliphatic carbocycles. The normalized spacial score (nSPS) is 10.8. The van der Waals surface area contributed by atoms with Gasteiger partial charge in [0.05, 0.1) is 19.4 Å². The fraction of sp³-hybridized carbons (Fsp3) is 0.704. The van der Waals surface area contributed by atoms with Crippen molar-refractivity contribution in [2.75, 3.05) is 6.61 Å². The average Bonchev–Trinajstić information content (AvgIpc) is 2.80. The van der Waals surface area contributed by atoms with E-state index in [9.17, 15) is 14.0 Å². The van der Waals surface area contributed by atoms with Crippen molar-refractivity contribution in [1.29, 1.82) is 0 Å². The minimum absolute atomic E-state index is 0.00122. The van der Waals surface area contributed by atoms with Crippen LogP contribution in [-0.4, -0.2) is 18.5 Å². The Balaban J connectivity index is 1.84. The largest absolute Gasteiger partial charge is 0.466 e. The smallest absolute Gasteiger partial charge is 0.306 e. The molecule has 0 saturated carbocycles. The number of hydrogen-bond acceptors (Lipinski definition) is 4. The predicted octanol–water partition coefficient (Wildman–Crippen LogP) is 7.67. The summed E-state index contributed by atoms with van der Waals surface area (Å²) in [7, 11) is 0. The molecule has 0 radical (unpaired) electrons. The molecule has 1 rings (SSSR count). The summed E-state index contributed by atoms with van der Waals surface area (Å²) < 4.78 is 23.1. The first-order chi connectivity index (χ1) is 15.6. The first kappa shape index (κ1) is 28.1. The van der Waals surface area contributed by atoms with Crippen LogP contribution < -0.4 is 0 Å². The zero-order chi connectivity index (χ0) is 23.3. The van der Waals surface area contributed by atoms with Gasteiger partial charge in [-0.05, 0) is 24.1 Å². The Kier molecular flexibility index (Phi) is 17.4. The van der Waals surface area contributed by atoms with Crippen LogP contribution in [0.3, 0.4) is 0 Å². The first-order valence-electron chi connectivity index (χ1n) is 12.7. The number of esters is 2. The molecule has 0 saturated heterocycles. The van der Waals surface area contributed by atoms with E-state index in [0.29, 0.717) is 12.2 Å². The predicted molar refractivity (Wildman–Crippen MR) is 127 cm³/mol. The summed E-state index contributed by atoms with van der Waals surface area (Å²) in [6.45, 7) is 2.75. The Hall–Kier alpha value is -1.91. The molecule has 0 bridgehead atoms. The highest BCUT2D eigenvalue weighted by molar-refractivity contribution is 5.77. The van der Waals surface area contributed by atoms with Gasteiger partial charge in [-0.15, -0.1) is 0 Å². The van der Waals surface area contributed by atoms with Gasteiger partial charge >= 0.3 is 11.9 Å². The van der Waals surface area contributed by atoms with Crippen molar-refractivity contribution in [2.45, 2.75) is 116 Å². The first-order valence-corrected chi connectivity index (χ1v) is 12.7. The number of rotatable bonds is 20. The molecule has 0 heterocycles. The highest BCUT2D eigenvalue weighted by Gasteiger charge is 2.09. The van der Waals surface area contributed by atoms with E-state index < -0.39 is 5.97 Å². The lowest BCUT2D eigenvalue weighted by Gasteiger charge is -2.06. The van der Waals surface area contributed by atoms with E-state index >= 15 is 0 Å². The van der Waals surface area contributed by atoms with Gasteiger partial charge in [0.2, 0.25) is 0 Å². The number of carbonyl (C=O) groups is 2. The summed E-state index contributed by atoms with van der Waals surface area (Å²) in [5, 5.41) is 0. The van der Waals surface area contributed by atoms with Crippen LogP contribution >= 0.6 is 0 Å². The Labute approximate surface area is 194 Å². The van der Waals surface area contributed by atoms with E-state index in [1.165, 1.54) is 89.2 Å². The third-order valence-electron chi connectivity index (χ3n) is 5.61. The van der Waals surface area contributed by atoms with Crippen LogP contribution in [0, 0.1) is 5.82 Å². The van der Waals surface area contributed by atoms with Crippen LogP contribution in [0.1, 0.15) is 115 Å².